The number of alkyl carbamates (subject to hydrolysis) is 1. The highest BCUT2D eigenvalue weighted by molar-refractivity contribution is 5.96. The van der Waals surface area contributed by atoms with Crippen molar-refractivity contribution in [2.45, 2.75) is 77.9 Å². The number of amides is 4. The van der Waals surface area contributed by atoms with Crippen LogP contribution in [0.15, 0.2) is 59.6 Å². The first-order valence-electron chi connectivity index (χ1n) is 15.8. The molecule has 0 spiro atoms. The second-order valence-electron chi connectivity index (χ2n) is 12.6. The van der Waals surface area contributed by atoms with Crippen LogP contribution in [0.2, 0.25) is 0 Å². The molecule has 2 N–H and O–H groups in total. The fourth-order valence-electron chi connectivity index (χ4n) is 5.44. The second kappa shape index (κ2) is 15.7. The first-order valence-corrected chi connectivity index (χ1v) is 15.8. The van der Waals surface area contributed by atoms with Crippen LogP contribution in [0.4, 0.5) is 10.5 Å². The summed E-state index contributed by atoms with van der Waals surface area (Å²) in [4.78, 5) is 67.0. The zero-order valence-corrected chi connectivity index (χ0v) is 27.5. The van der Waals surface area contributed by atoms with Crippen LogP contribution in [0.25, 0.3) is 0 Å². The number of anilines is 1. The Balaban J connectivity index is 1.34. The molecule has 2 aliphatic heterocycles. The Morgan fingerprint density at radius 1 is 0.913 bits per heavy atom. The van der Waals surface area contributed by atoms with E-state index < -0.39 is 42.3 Å². The lowest BCUT2D eigenvalue weighted by molar-refractivity contribution is -0.171. The predicted molar refractivity (Wildman–Crippen MR) is 175 cm³/mol. The number of benzene rings is 2. The maximum Gasteiger partial charge on any atom is 0.408 e. The largest absolute Gasteiger partial charge is 0.445 e. The van der Waals surface area contributed by atoms with Gasteiger partial charge in [-0.05, 0) is 47.9 Å². The monoisotopic (exact) mass is 634 g/mol. The van der Waals surface area contributed by atoms with Crippen molar-refractivity contribution < 1.29 is 28.8 Å². The number of carbonyl (C=O) groups is 4. The van der Waals surface area contributed by atoms with Crippen molar-refractivity contribution in [3.63, 3.8) is 0 Å². The summed E-state index contributed by atoms with van der Waals surface area (Å²) < 4.78 is 5.34. The second-order valence-corrected chi connectivity index (χ2v) is 12.6. The molecule has 0 bridgehead atoms. The van der Waals surface area contributed by atoms with Gasteiger partial charge in [0.25, 0.3) is 5.91 Å². The molecule has 248 valence electrons. The van der Waals surface area contributed by atoms with Gasteiger partial charge >= 0.3 is 6.09 Å². The van der Waals surface area contributed by atoms with Gasteiger partial charge in [0, 0.05) is 32.7 Å². The van der Waals surface area contributed by atoms with Gasteiger partial charge in [0.05, 0.1) is 0 Å². The van der Waals surface area contributed by atoms with E-state index in [1.165, 1.54) is 11.2 Å². The topological polar surface area (TPSA) is 133 Å². The molecule has 0 aromatic heterocycles. The zero-order valence-electron chi connectivity index (χ0n) is 27.5. The molecule has 2 heterocycles. The molecule has 0 radical (unpaired) electrons. The highest BCUT2D eigenvalue weighted by Gasteiger charge is 2.41. The van der Waals surface area contributed by atoms with E-state index in [4.69, 9.17) is 9.57 Å². The lowest BCUT2D eigenvalue weighted by Gasteiger charge is -2.32. The van der Waals surface area contributed by atoms with Gasteiger partial charge in [-0.25, -0.2) is 14.6 Å². The van der Waals surface area contributed by atoms with E-state index in [-0.39, 0.29) is 24.3 Å². The highest BCUT2D eigenvalue weighted by Crippen LogP contribution is 2.22. The van der Waals surface area contributed by atoms with Crippen molar-refractivity contribution in [1.82, 2.24) is 20.6 Å². The van der Waals surface area contributed by atoms with Gasteiger partial charge in [-0.15, -0.1) is 0 Å². The van der Waals surface area contributed by atoms with Gasteiger partial charge in [0.1, 0.15) is 31.1 Å². The van der Waals surface area contributed by atoms with Crippen LogP contribution in [-0.2, 0) is 37.0 Å². The van der Waals surface area contributed by atoms with Crippen LogP contribution in [0.5, 0.6) is 0 Å². The minimum atomic E-state index is -0.901. The summed E-state index contributed by atoms with van der Waals surface area (Å²) in [5, 5.41) is 6.64. The minimum absolute atomic E-state index is 0.0705. The molecule has 1 fully saturated rings. The van der Waals surface area contributed by atoms with Crippen molar-refractivity contribution in [2.75, 3.05) is 25.5 Å². The van der Waals surface area contributed by atoms with E-state index in [1.807, 2.05) is 101 Å². The van der Waals surface area contributed by atoms with Crippen LogP contribution in [0.3, 0.4) is 0 Å². The molecule has 46 heavy (non-hydrogen) atoms. The van der Waals surface area contributed by atoms with E-state index in [1.54, 1.807) is 0 Å². The SMILES string of the molecule is CC(C)C(NC(=O)[C@@H]1CCCN1C(=O)[C@@H](NC(=O)OCc1ccccc1)C(C)C)C(=O)N1C=NC(Cc2ccc(N(C)C)cc2)O1. The van der Waals surface area contributed by atoms with Gasteiger partial charge in [0.2, 0.25) is 11.8 Å². The average Bonchev–Trinajstić information content (AvgIpc) is 3.72. The maximum atomic E-state index is 13.7. The molecule has 12 nitrogen and oxygen atoms in total. The van der Waals surface area contributed by atoms with Crippen LogP contribution in [0, 0.1) is 11.8 Å². The fourth-order valence-corrected chi connectivity index (χ4v) is 5.44. The number of hydroxylamine groups is 2. The molecule has 0 saturated carbocycles. The van der Waals surface area contributed by atoms with Crippen molar-refractivity contribution in [3.05, 3.63) is 65.7 Å². The van der Waals surface area contributed by atoms with E-state index in [0.717, 1.165) is 21.9 Å². The van der Waals surface area contributed by atoms with E-state index in [2.05, 4.69) is 15.6 Å². The summed E-state index contributed by atoms with van der Waals surface area (Å²) in [5.74, 6) is -1.76. The molecule has 4 atom stereocenters. The fraction of sp³-hybridized carbons (Fsp3) is 0.500. The van der Waals surface area contributed by atoms with E-state index >= 15 is 0 Å². The normalized spacial score (nSPS) is 18.9. The minimum Gasteiger partial charge on any atom is -0.445 e. The van der Waals surface area contributed by atoms with Crippen molar-refractivity contribution in [3.8, 4) is 0 Å². The van der Waals surface area contributed by atoms with Crippen molar-refractivity contribution in [2.24, 2.45) is 16.8 Å². The third-order valence-electron chi connectivity index (χ3n) is 8.14. The van der Waals surface area contributed by atoms with Crippen molar-refractivity contribution >= 4 is 35.8 Å². The quantitative estimate of drug-likeness (QED) is 0.365. The molecular formula is C34H46N6O6. The average molecular weight is 635 g/mol. The molecule has 2 aromatic carbocycles. The Morgan fingerprint density at radius 3 is 2.20 bits per heavy atom. The number of aliphatic imine (C=N–C) groups is 1. The number of hydrogen-bond acceptors (Lipinski definition) is 8. The Bertz CT molecular complexity index is 1380. The first-order chi connectivity index (χ1) is 21.9. The van der Waals surface area contributed by atoms with Crippen LogP contribution in [0.1, 0.15) is 51.7 Å². The number of ether oxygens (including phenoxy) is 1. The number of nitrogens with zero attached hydrogens (tertiary/aromatic N) is 4. The van der Waals surface area contributed by atoms with E-state index in [0.29, 0.717) is 25.8 Å². The number of rotatable bonds is 12. The van der Waals surface area contributed by atoms with Crippen LogP contribution < -0.4 is 15.5 Å². The van der Waals surface area contributed by atoms with Gasteiger partial charge in [0.15, 0.2) is 6.23 Å². The van der Waals surface area contributed by atoms with Gasteiger partial charge in [-0.3, -0.25) is 14.4 Å². The number of nitrogens with one attached hydrogen (secondary N) is 2. The summed E-state index contributed by atoms with van der Waals surface area (Å²) in [6.07, 6.45) is 1.61. The molecular weight excluding hydrogens is 588 g/mol. The maximum absolute atomic E-state index is 13.7. The molecule has 0 aliphatic carbocycles. The van der Waals surface area contributed by atoms with Crippen LogP contribution in [-0.4, -0.2) is 85.1 Å². The Kier molecular flexibility index (Phi) is 11.8. The third-order valence-corrected chi connectivity index (χ3v) is 8.14. The lowest BCUT2D eigenvalue weighted by atomic mass is 10.0. The first kappa shape index (κ1) is 34.4. The summed E-state index contributed by atoms with van der Waals surface area (Å²) in [6.45, 7) is 7.74. The molecule has 12 heteroatoms. The molecule has 2 aromatic rings. The summed E-state index contributed by atoms with van der Waals surface area (Å²) in [6, 6.07) is 14.7. The molecule has 1 saturated heterocycles. The van der Waals surface area contributed by atoms with E-state index in [9.17, 15) is 19.2 Å². The molecule has 2 unspecified atom stereocenters. The Morgan fingerprint density at radius 2 is 1.57 bits per heavy atom. The Labute approximate surface area is 271 Å². The highest BCUT2D eigenvalue weighted by atomic mass is 16.7. The lowest BCUT2D eigenvalue weighted by Crippen LogP contribution is -2.58. The predicted octanol–water partition coefficient (Wildman–Crippen LogP) is 3.51. The van der Waals surface area contributed by atoms with Crippen molar-refractivity contribution in [1.29, 1.82) is 0 Å². The van der Waals surface area contributed by atoms with Gasteiger partial charge in [-0.1, -0.05) is 70.2 Å². The molecule has 4 rings (SSSR count). The molecule has 4 amide bonds. The summed E-state index contributed by atoms with van der Waals surface area (Å²) in [7, 11) is 3.95. The van der Waals surface area contributed by atoms with Gasteiger partial charge in [-0.2, -0.15) is 5.06 Å². The Hall–Kier alpha value is -4.45. The smallest absolute Gasteiger partial charge is 0.408 e. The summed E-state index contributed by atoms with van der Waals surface area (Å²) >= 11 is 0. The number of hydrogen-bond donors (Lipinski definition) is 2. The van der Waals surface area contributed by atoms with Crippen LogP contribution >= 0.6 is 0 Å². The molecule has 2 aliphatic rings. The van der Waals surface area contributed by atoms with Gasteiger partial charge < -0.3 is 25.2 Å². The summed E-state index contributed by atoms with van der Waals surface area (Å²) in [5.41, 5.74) is 2.92. The standard InChI is InChI=1S/C34H46N6O6/c1-22(2)29(37-34(44)45-20-25-11-8-7-9-12-25)32(42)39-18-10-13-27(39)31(41)36-30(23(3)4)33(43)40-21-35-28(46-40)19-24-14-16-26(17-15-24)38(5)6/h7-9,11-12,14-17,21-23,27-30H,10,13,18-20H2,1-6H3,(H,36,41)(H,37,44)/t27-,28?,29-,30?/m0/s1. The number of likely N-dealkylation sites (tertiary alicyclic amines) is 1. The number of carbonyl (C=O) groups excluding carboxylic acids is 4. The third kappa shape index (κ3) is 8.84. The zero-order chi connectivity index (χ0) is 33.4.